The van der Waals surface area contributed by atoms with Gasteiger partial charge in [0.15, 0.2) is 5.78 Å². The lowest BCUT2D eigenvalue weighted by Crippen LogP contribution is -2.54. The molecule has 0 radical (unpaired) electrons. The van der Waals surface area contributed by atoms with Crippen molar-refractivity contribution in [2.75, 3.05) is 19.6 Å². The van der Waals surface area contributed by atoms with Gasteiger partial charge in [-0.05, 0) is 12.1 Å². The lowest BCUT2D eigenvalue weighted by atomic mass is 10.0. The Hall–Kier alpha value is -1.17. The summed E-state index contributed by atoms with van der Waals surface area (Å²) < 4.78 is 0. The zero-order valence-electron chi connectivity index (χ0n) is 9.61. The molecule has 5 nitrogen and oxygen atoms in total. The van der Waals surface area contributed by atoms with Gasteiger partial charge >= 0.3 is 0 Å². The van der Waals surface area contributed by atoms with Gasteiger partial charge in [0.2, 0.25) is 6.41 Å². The number of piperazine rings is 1. The monoisotopic (exact) mass is 291 g/mol. The highest BCUT2D eigenvalue weighted by molar-refractivity contribution is 6.01. The fraction of sp³-hybridized carbons (Fsp3) is 0.364. The topological polar surface area (TPSA) is 62.3 Å². The van der Waals surface area contributed by atoms with E-state index in [4.69, 9.17) is 0 Å². The highest BCUT2D eigenvalue weighted by Gasteiger charge is 2.27. The number of nitrogens with zero attached hydrogens (tertiary/aromatic N) is 2. The predicted molar refractivity (Wildman–Crippen MR) is 72.5 cm³/mol. The molecule has 18 heavy (non-hydrogen) atoms. The van der Waals surface area contributed by atoms with Crippen LogP contribution >= 0.6 is 24.8 Å². The van der Waals surface area contributed by atoms with Crippen molar-refractivity contribution >= 4 is 37.0 Å². The van der Waals surface area contributed by atoms with Crippen LogP contribution in [0.5, 0.6) is 0 Å². The molecule has 1 atom stereocenters. The van der Waals surface area contributed by atoms with Gasteiger partial charge in [0.25, 0.3) is 0 Å². The minimum absolute atomic E-state index is 0. The average molecular weight is 292 g/mol. The molecule has 0 bridgehead atoms. The first-order valence-corrected chi connectivity index (χ1v) is 5.19. The summed E-state index contributed by atoms with van der Waals surface area (Å²) in [6.45, 7) is 1.82. The van der Waals surface area contributed by atoms with Crippen molar-refractivity contribution in [2.24, 2.45) is 0 Å². The Labute approximate surface area is 118 Å². The normalized spacial score (nSPS) is 18.2. The lowest BCUT2D eigenvalue weighted by molar-refractivity contribution is -0.120. The standard InChI is InChI=1S/C11H13N3O2.2ClH/c15-8-14-6-5-13-7-10(14)11(16)9-1-3-12-4-2-9;;/h1-4,8,10,13H,5-7H2;2*1H. The molecule has 0 saturated carbocycles. The van der Waals surface area contributed by atoms with E-state index in [-0.39, 0.29) is 30.6 Å². The molecule has 1 aromatic rings. The van der Waals surface area contributed by atoms with Crippen LogP contribution in [0.3, 0.4) is 0 Å². The van der Waals surface area contributed by atoms with Gasteiger partial charge in [0.1, 0.15) is 6.04 Å². The van der Waals surface area contributed by atoms with Crippen LogP contribution < -0.4 is 5.32 Å². The molecule has 0 aliphatic carbocycles. The van der Waals surface area contributed by atoms with E-state index in [2.05, 4.69) is 10.3 Å². The fourth-order valence-corrected chi connectivity index (χ4v) is 1.80. The third-order valence-electron chi connectivity index (χ3n) is 2.69. The molecule has 1 aliphatic heterocycles. The van der Waals surface area contributed by atoms with Gasteiger partial charge in [0.05, 0.1) is 0 Å². The maximum Gasteiger partial charge on any atom is 0.210 e. The summed E-state index contributed by atoms with van der Waals surface area (Å²) in [5, 5.41) is 3.11. The highest BCUT2D eigenvalue weighted by atomic mass is 35.5. The Morgan fingerprint density at radius 3 is 2.67 bits per heavy atom. The number of nitrogens with one attached hydrogen (secondary N) is 1. The van der Waals surface area contributed by atoms with E-state index < -0.39 is 6.04 Å². The van der Waals surface area contributed by atoms with E-state index >= 15 is 0 Å². The van der Waals surface area contributed by atoms with Crippen LogP contribution in [0, 0.1) is 0 Å². The van der Waals surface area contributed by atoms with Crippen LogP contribution in [0.1, 0.15) is 10.4 Å². The molecule has 1 fully saturated rings. The Balaban J connectivity index is 0.00000144. The first-order valence-electron chi connectivity index (χ1n) is 5.19. The van der Waals surface area contributed by atoms with Crippen molar-refractivity contribution in [1.29, 1.82) is 0 Å². The van der Waals surface area contributed by atoms with Crippen molar-refractivity contribution < 1.29 is 9.59 Å². The average Bonchev–Trinajstić information content (AvgIpc) is 2.39. The van der Waals surface area contributed by atoms with Crippen molar-refractivity contribution in [3.05, 3.63) is 30.1 Å². The fourth-order valence-electron chi connectivity index (χ4n) is 1.80. The molecule has 1 saturated heterocycles. The van der Waals surface area contributed by atoms with E-state index in [1.807, 2.05) is 0 Å². The Bertz CT molecular complexity index is 389. The second-order valence-electron chi connectivity index (χ2n) is 3.66. The molecule has 7 heteroatoms. The third-order valence-corrected chi connectivity index (χ3v) is 2.69. The van der Waals surface area contributed by atoms with Crippen molar-refractivity contribution in [3.8, 4) is 0 Å². The molecule has 2 heterocycles. The summed E-state index contributed by atoms with van der Waals surface area (Å²) in [6, 6.07) is 2.94. The van der Waals surface area contributed by atoms with E-state index in [9.17, 15) is 9.59 Å². The summed E-state index contributed by atoms with van der Waals surface area (Å²) in [5.41, 5.74) is 0.593. The van der Waals surface area contributed by atoms with Crippen LogP contribution in [-0.2, 0) is 4.79 Å². The number of rotatable bonds is 3. The quantitative estimate of drug-likeness (QED) is 0.652. The summed E-state index contributed by atoms with van der Waals surface area (Å²) in [5.74, 6) is -0.0401. The number of amides is 1. The summed E-state index contributed by atoms with van der Waals surface area (Å²) in [4.78, 5) is 28.3. The lowest BCUT2D eigenvalue weighted by Gasteiger charge is -2.32. The zero-order valence-corrected chi connectivity index (χ0v) is 11.2. The van der Waals surface area contributed by atoms with E-state index in [1.165, 1.54) is 0 Å². The van der Waals surface area contributed by atoms with Gasteiger partial charge in [-0.2, -0.15) is 0 Å². The number of pyridine rings is 1. The molecule has 1 unspecified atom stereocenters. The number of hydrogen-bond acceptors (Lipinski definition) is 4. The van der Waals surface area contributed by atoms with Crippen LogP contribution in [0.4, 0.5) is 0 Å². The Morgan fingerprint density at radius 2 is 2.06 bits per heavy atom. The number of Topliss-reactive ketones (excluding diaryl/α,β-unsaturated/α-hetero) is 1. The van der Waals surface area contributed by atoms with Crippen LogP contribution in [-0.4, -0.2) is 47.8 Å². The minimum Gasteiger partial charge on any atom is -0.332 e. The SMILES string of the molecule is Cl.Cl.O=CN1CCNCC1C(=O)c1ccncc1. The molecular weight excluding hydrogens is 277 g/mol. The van der Waals surface area contributed by atoms with E-state index in [1.54, 1.807) is 29.4 Å². The molecular formula is C11H15Cl2N3O2. The summed E-state index contributed by atoms with van der Waals surface area (Å²) in [7, 11) is 0. The number of hydrogen-bond donors (Lipinski definition) is 1. The van der Waals surface area contributed by atoms with Crippen LogP contribution in [0.25, 0.3) is 0 Å². The number of aromatic nitrogens is 1. The number of carbonyl (C=O) groups excluding carboxylic acids is 2. The largest absolute Gasteiger partial charge is 0.332 e. The van der Waals surface area contributed by atoms with Gasteiger partial charge in [-0.3, -0.25) is 14.6 Å². The second-order valence-corrected chi connectivity index (χ2v) is 3.66. The maximum absolute atomic E-state index is 12.1. The van der Waals surface area contributed by atoms with Gasteiger partial charge in [-0.15, -0.1) is 24.8 Å². The van der Waals surface area contributed by atoms with Gasteiger partial charge in [0, 0.05) is 37.6 Å². The van der Waals surface area contributed by atoms with Crippen LogP contribution in [0.15, 0.2) is 24.5 Å². The molecule has 0 aromatic carbocycles. The van der Waals surface area contributed by atoms with Crippen molar-refractivity contribution in [1.82, 2.24) is 15.2 Å². The van der Waals surface area contributed by atoms with Gasteiger partial charge < -0.3 is 10.2 Å². The summed E-state index contributed by atoms with van der Waals surface area (Å²) >= 11 is 0. The maximum atomic E-state index is 12.1. The first kappa shape index (κ1) is 16.8. The Kier molecular flexibility index (Phi) is 7.50. The molecule has 1 aromatic heterocycles. The summed E-state index contributed by atoms with van der Waals surface area (Å²) in [6.07, 6.45) is 3.90. The second kappa shape index (κ2) is 8.02. The predicted octanol–water partition coefficient (Wildman–Crippen LogP) is 0.538. The highest BCUT2D eigenvalue weighted by Crippen LogP contribution is 2.08. The molecule has 2 rings (SSSR count). The smallest absolute Gasteiger partial charge is 0.210 e. The van der Waals surface area contributed by atoms with Crippen molar-refractivity contribution in [3.63, 3.8) is 0 Å². The molecule has 1 aliphatic rings. The van der Waals surface area contributed by atoms with E-state index in [0.717, 1.165) is 13.0 Å². The first-order chi connectivity index (χ1) is 7.83. The van der Waals surface area contributed by atoms with Gasteiger partial charge in [-0.25, -0.2) is 0 Å². The minimum atomic E-state index is -0.395. The number of halogens is 2. The van der Waals surface area contributed by atoms with Crippen molar-refractivity contribution in [2.45, 2.75) is 6.04 Å². The van der Waals surface area contributed by atoms with E-state index in [0.29, 0.717) is 18.7 Å². The molecule has 1 N–H and O–H groups in total. The molecule has 1 amide bonds. The number of carbonyl (C=O) groups is 2. The third kappa shape index (κ3) is 3.66. The van der Waals surface area contributed by atoms with Crippen LogP contribution in [0.2, 0.25) is 0 Å². The number of ketones is 1. The molecule has 100 valence electrons. The zero-order chi connectivity index (χ0) is 11.4. The van der Waals surface area contributed by atoms with Gasteiger partial charge in [-0.1, -0.05) is 0 Å². The molecule has 0 spiro atoms. The Morgan fingerprint density at radius 1 is 1.39 bits per heavy atom.